The van der Waals surface area contributed by atoms with Crippen molar-refractivity contribution in [2.24, 2.45) is 0 Å². The van der Waals surface area contributed by atoms with Crippen LogP contribution in [0.2, 0.25) is 0 Å². The number of benzene rings is 1. The van der Waals surface area contributed by atoms with Gasteiger partial charge in [0.05, 0.1) is 5.52 Å². The Labute approximate surface area is 116 Å². The van der Waals surface area contributed by atoms with Crippen molar-refractivity contribution in [2.45, 2.75) is 13.0 Å². The lowest BCUT2D eigenvalue weighted by Crippen LogP contribution is -2.55. The number of piperazine rings is 1. The molecule has 1 N–H and O–H groups in total. The highest BCUT2D eigenvalue weighted by atomic mass is 16.2. The number of nitrogens with zero attached hydrogens (tertiary/aromatic N) is 2. The number of carbonyl (C=O) groups is 2. The molecule has 1 unspecified atom stereocenters. The van der Waals surface area contributed by atoms with Gasteiger partial charge in [-0.3, -0.25) is 14.6 Å². The lowest BCUT2D eigenvalue weighted by molar-refractivity contribution is -0.127. The van der Waals surface area contributed by atoms with E-state index in [2.05, 4.69) is 10.3 Å². The highest BCUT2D eigenvalue weighted by molar-refractivity contribution is 6.07. The molecule has 1 aliphatic rings. The maximum Gasteiger partial charge on any atom is 0.255 e. The predicted octanol–water partition coefficient (Wildman–Crippen LogP) is 1.20. The Kier molecular flexibility index (Phi) is 3.10. The van der Waals surface area contributed by atoms with Crippen molar-refractivity contribution in [3.63, 3.8) is 0 Å². The fraction of sp³-hybridized carbons (Fsp3) is 0.267. The van der Waals surface area contributed by atoms with Crippen LogP contribution in [0.1, 0.15) is 17.3 Å². The van der Waals surface area contributed by atoms with Gasteiger partial charge in [-0.05, 0) is 25.1 Å². The SMILES string of the molecule is CC1C(=O)NCCN1C(=O)c1cccc2ncccc12. The van der Waals surface area contributed by atoms with Gasteiger partial charge < -0.3 is 10.2 Å². The summed E-state index contributed by atoms with van der Waals surface area (Å²) in [5.74, 6) is -0.228. The summed E-state index contributed by atoms with van der Waals surface area (Å²) >= 11 is 0. The maximum atomic E-state index is 12.7. The van der Waals surface area contributed by atoms with Crippen LogP contribution in [-0.4, -0.2) is 40.8 Å². The Morgan fingerprint density at radius 1 is 1.35 bits per heavy atom. The van der Waals surface area contributed by atoms with E-state index >= 15 is 0 Å². The van der Waals surface area contributed by atoms with Crippen molar-refractivity contribution in [3.05, 3.63) is 42.1 Å². The van der Waals surface area contributed by atoms with Gasteiger partial charge >= 0.3 is 0 Å². The molecule has 3 rings (SSSR count). The zero-order valence-electron chi connectivity index (χ0n) is 11.2. The van der Waals surface area contributed by atoms with E-state index in [9.17, 15) is 9.59 Å². The summed E-state index contributed by atoms with van der Waals surface area (Å²) in [4.78, 5) is 30.2. The lowest BCUT2D eigenvalue weighted by Gasteiger charge is -2.33. The van der Waals surface area contributed by atoms with Gasteiger partial charge in [-0.25, -0.2) is 0 Å². The molecule has 0 aliphatic carbocycles. The van der Waals surface area contributed by atoms with Crippen LogP contribution in [0.15, 0.2) is 36.5 Å². The summed E-state index contributed by atoms with van der Waals surface area (Å²) in [6.45, 7) is 2.77. The van der Waals surface area contributed by atoms with E-state index < -0.39 is 6.04 Å². The summed E-state index contributed by atoms with van der Waals surface area (Å²) in [6, 6.07) is 8.72. The molecule has 0 saturated carbocycles. The second kappa shape index (κ2) is 4.92. The zero-order chi connectivity index (χ0) is 14.1. The summed E-state index contributed by atoms with van der Waals surface area (Å²) in [7, 11) is 0. The average molecular weight is 269 g/mol. The third kappa shape index (κ3) is 2.01. The molecule has 20 heavy (non-hydrogen) atoms. The molecule has 0 radical (unpaired) electrons. The Hall–Kier alpha value is -2.43. The highest BCUT2D eigenvalue weighted by Gasteiger charge is 2.30. The van der Waals surface area contributed by atoms with Crippen molar-refractivity contribution < 1.29 is 9.59 Å². The van der Waals surface area contributed by atoms with Crippen LogP contribution in [0.25, 0.3) is 10.9 Å². The molecule has 2 heterocycles. The van der Waals surface area contributed by atoms with Gasteiger partial charge in [-0.1, -0.05) is 12.1 Å². The van der Waals surface area contributed by atoms with Crippen molar-refractivity contribution in [1.82, 2.24) is 15.2 Å². The molecular weight excluding hydrogens is 254 g/mol. The van der Waals surface area contributed by atoms with Crippen LogP contribution < -0.4 is 5.32 Å². The molecule has 1 aromatic carbocycles. The predicted molar refractivity (Wildman–Crippen MR) is 75.3 cm³/mol. The zero-order valence-corrected chi connectivity index (χ0v) is 11.2. The van der Waals surface area contributed by atoms with Gasteiger partial charge in [-0.15, -0.1) is 0 Å². The third-order valence-electron chi connectivity index (χ3n) is 3.64. The molecule has 102 valence electrons. The highest BCUT2D eigenvalue weighted by Crippen LogP contribution is 2.19. The molecule has 2 amide bonds. The largest absolute Gasteiger partial charge is 0.353 e. The van der Waals surface area contributed by atoms with Gasteiger partial charge in [-0.2, -0.15) is 0 Å². The summed E-state index contributed by atoms with van der Waals surface area (Å²) in [6.07, 6.45) is 1.70. The number of rotatable bonds is 1. The molecule has 1 saturated heterocycles. The second-order valence-corrected chi connectivity index (χ2v) is 4.84. The van der Waals surface area contributed by atoms with E-state index in [1.54, 1.807) is 24.1 Å². The van der Waals surface area contributed by atoms with Gasteiger partial charge in [0.25, 0.3) is 5.91 Å². The molecule has 0 spiro atoms. The number of amides is 2. The minimum absolute atomic E-state index is 0.108. The Bertz CT molecular complexity index is 678. The van der Waals surface area contributed by atoms with E-state index in [1.807, 2.05) is 24.3 Å². The first-order valence-electron chi connectivity index (χ1n) is 6.61. The molecular formula is C15H15N3O2. The van der Waals surface area contributed by atoms with Gasteiger partial charge in [0, 0.05) is 30.2 Å². The molecule has 0 bridgehead atoms. The first kappa shape index (κ1) is 12.6. The lowest BCUT2D eigenvalue weighted by atomic mass is 10.1. The molecule has 1 fully saturated rings. The first-order valence-corrected chi connectivity index (χ1v) is 6.61. The smallest absolute Gasteiger partial charge is 0.255 e. The molecule has 1 aliphatic heterocycles. The van der Waals surface area contributed by atoms with Crippen molar-refractivity contribution >= 4 is 22.7 Å². The van der Waals surface area contributed by atoms with Gasteiger partial charge in [0.1, 0.15) is 6.04 Å². The quantitative estimate of drug-likeness (QED) is 0.846. The summed E-state index contributed by atoms with van der Waals surface area (Å²) in [5, 5.41) is 3.58. The van der Waals surface area contributed by atoms with Crippen molar-refractivity contribution in [2.75, 3.05) is 13.1 Å². The third-order valence-corrected chi connectivity index (χ3v) is 3.64. The number of nitrogens with one attached hydrogen (secondary N) is 1. The second-order valence-electron chi connectivity index (χ2n) is 4.84. The van der Waals surface area contributed by atoms with Crippen LogP contribution in [0.3, 0.4) is 0 Å². The number of fused-ring (bicyclic) bond motifs is 1. The number of hydrogen-bond acceptors (Lipinski definition) is 3. The van der Waals surface area contributed by atoms with E-state index in [0.29, 0.717) is 18.7 Å². The van der Waals surface area contributed by atoms with E-state index in [0.717, 1.165) is 10.9 Å². The Morgan fingerprint density at radius 2 is 2.20 bits per heavy atom. The molecule has 1 atom stereocenters. The van der Waals surface area contributed by atoms with E-state index in [1.165, 1.54) is 0 Å². The number of hydrogen-bond donors (Lipinski definition) is 1. The topological polar surface area (TPSA) is 62.3 Å². The van der Waals surface area contributed by atoms with Crippen LogP contribution in [-0.2, 0) is 4.79 Å². The number of aromatic nitrogens is 1. The van der Waals surface area contributed by atoms with Gasteiger partial charge in [0.2, 0.25) is 5.91 Å². The molecule has 1 aromatic heterocycles. The van der Waals surface area contributed by atoms with Crippen molar-refractivity contribution in [3.8, 4) is 0 Å². The fourth-order valence-corrected chi connectivity index (χ4v) is 2.50. The molecule has 5 nitrogen and oxygen atoms in total. The Morgan fingerprint density at radius 3 is 3.05 bits per heavy atom. The molecule has 5 heteroatoms. The van der Waals surface area contributed by atoms with Gasteiger partial charge in [0.15, 0.2) is 0 Å². The van der Waals surface area contributed by atoms with Crippen LogP contribution >= 0.6 is 0 Å². The minimum atomic E-state index is -0.442. The van der Waals surface area contributed by atoms with E-state index in [-0.39, 0.29) is 11.8 Å². The van der Waals surface area contributed by atoms with Crippen molar-refractivity contribution in [1.29, 1.82) is 0 Å². The number of pyridine rings is 1. The van der Waals surface area contributed by atoms with Crippen LogP contribution in [0.5, 0.6) is 0 Å². The van der Waals surface area contributed by atoms with E-state index in [4.69, 9.17) is 0 Å². The minimum Gasteiger partial charge on any atom is -0.353 e. The summed E-state index contributed by atoms with van der Waals surface area (Å²) in [5.41, 5.74) is 1.38. The summed E-state index contributed by atoms with van der Waals surface area (Å²) < 4.78 is 0. The Balaban J connectivity index is 2.02. The number of carbonyl (C=O) groups excluding carboxylic acids is 2. The average Bonchev–Trinajstić information content (AvgIpc) is 2.49. The van der Waals surface area contributed by atoms with Crippen LogP contribution in [0.4, 0.5) is 0 Å². The first-order chi connectivity index (χ1) is 9.68. The maximum absolute atomic E-state index is 12.7. The monoisotopic (exact) mass is 269 g/mol. The normalized spacial score (nSPS) is 18.9. The van der Waals surface area contributed by atoms with Crippen LogP contribution in [0, 0.1) is 0 Å². The standard InChI is InChI=1S/C15H15N3O2/c1-10-14(19)17-8-9-18(10)15(20)12-4-2-6-13-11(12)5-3-7-16-13/h2-7,10H,8-9H2,1H3,(H,17,19). The molecule has 2 aromatic rings. The fourth-order valence-electron chi connectivity index (χ4n) is 2.50.